The maximum atomic E-state index is 12.2. The third kappa shape index (κ3) is 4.28. The van der Waals surface area contributed by atoms with Gasteiger partial charge in [-0.05, 0) is 59.3 Å². The smallest absolute Gasteiger partial charge is 0.248 e. The van der Waals surface area contributed by atoms with E-state index in [1.165, 1.54) is 6.08 Å². The first-order valence-electron chi connectivity index (χ1n) is 8.61. The summed E-state index contributed by atoms with van der Waals surface area (Å²) in [6, 6.07) is 22.6. The van der Waals surface area contributed by atoms with E-state index in [1.807, 2.05) is 48.5 Å². The summed E-state index contributed by atoms with van der Waals surface area (Å²) in [6.07, 6.45) is 3.05. The first-order chi connectivity index (χ1) is 13.6. The molecule has 0 spiro atoms. The van der Waals surface area contributed by atoms with E-state index < -0.39 is 0 Å². The average molecular weight is 408 g/mol. The number of hydrogen-bond donors (Lipinski definition) is 1. The Bertz CT molecular complexity index is 1170. The first-order valence-corrected chi connectivity index (χ1v) is 9.37. The highest BCUT2D eigenvalue weighted by Crippen LogP contribution is 2.29. The predicted molar refractivity (Wildman–Crippen MR) is 116 cm³/mol. The monoisotopic (exact) mass is 407 g/mol. The maximum absolute atomic E-state index is 12.2. The Kier molecular flexibility index (Phi) is 5.20. The summed E-state index contributed by atoms with van der Waals surface area (Å²) in [4.78, 5) is 12.2. The minimum atomic E-state index is -0.237. The normalized spacial score (nSPS) is 11.2. The third-order valence-corrected chi connectivity index (χ3v) is 4.63. The molecule has 3 aromatic carbocycles. The summed E-state index contributed by atoms with van der Waals surface area (Å²) in [5.74, 6) is 0.942. The SMILES string of the molecule is O=C(C=Cc1ccc(-c2cc(Cl)cc(Cl)c2)o1)Nc1ccc2ccccc2c1. The zero-order valence-corrected chi connectivity index (χ0v) is 16.2. The lowest BCUT2D eigenvalue weighted by Gasteiger charge is -2.04. The van der Waals surface area contributed by atoms with Crippen molar-refractivity contribution >= 4 is 51.6 Å². The van der Waals surface area contributed by atoms with Crippen LogP contribution in [0.15, 0.2) is 83.3 Å². The van der Waals surface area contributed by atoms with E-state index in [9.17, 15) is 4.79 Å². The first kappa shape index (κ1) is 18.4. The number of fused-ring (bicyclic) bond motifs is 1. The molecule has 3 nitrogen and oxygen atoms in total. The zero-order valence-electron chi connectivity index (χ0n) is 14.7. The molecule has 1 amide bonds. The summed E-state index contributed by atoms with van der Waals surface area (Å²) >= 11 is 12.1. The van der Waals surface area contributed by atoms with Crippen molar-refractivity contribution < 1.29 is 9.21 Å². The van der Waals surface area contributed by atoms with Crippen molar-refractivity contribution in [1.82, 2.24) is 0 Å². The van der Waals surface area contributed by atoms with Gasteiger partial charge in [0, 0.05) is 27.4 Å². The van der Waals surface area contributed by atoms with E-state index in [0.29, 0.717) is 21.6 Å². The summed E-state index contributed by atoms with van der Waals surface area (Å²) in [6.45, 7) is 0. The molecule has 0 radical (unpaired) electrons. The number of amides is 1. The molecule has 1 aromatic heterocycles. The van der Waals surface area contributed by atoms with Crippen LogP contribution in [0.2, 0.25) is 10.0 Å². The number of halogens is 2. The fourth-order valence-corrected chi connectivity index (χ4v) is 3.43. The van der Waals surface area contributed by atoms with Gasteiger partial charge in [0.1, 0.15) is 11.5 Å². The van der Waals surface area contributed by atoms with Gasteiger partial charge in [-0.2, -0.15) is 0 Å². The second-order valence-electron chi connectivity index (χ2n) is 6.24. The molecule has 0 bridgehead atoms. The van der Waals surface area contributed by atoms with Crippen LogP contribution >= 0.6 is 23.2 Å². The van der Waals surface area contributed by atoms with Gasteiger partial charge < -0.3 is 9.73 Å². The molecule has 138 valence electrons. The summed E-state index contributed by atoms with van der Waals surface area (Å²) in [5.41, 5.74) is 1.51. The fraction of sp³-hybridized carbons (Fsp3) is 0. The molecule has 4 rings (SSSR count). The van der Waals surface area contributed by atoms with Crippen molar-refractivity contribution in [3.63, 3.8) is 0 Å². The van der Waals surface area contributed by atoms with Crippen LogP contribution in [0.25, 0.3) is 28.2 Å². The van der Waals surface area contributed by atoms with Crippen molar-refractivity contribution in [2.45, 2.75) is 0 Å². The Balaban J connectivity index is 1.46. The van der Waals surface area contributed by atoms with Gasteiger partial charge in [-0.25, -0.2) is 0 Å². The number of benzene rings is 3. The second kappa shape index (κ2) is 7.93. The van der Waals surface area contributed by atoms with Gasteiger partial charge in [0.25, 0.3) is 0 Å². The quantitative estimate of drug-likeness (QED) is 0.368. The molecule has 4 aromatic rings. The molecule has 0 unspecified atom stereocenters. The fourth-order valence-electron chi connectivity index (χ4n) is 2.90. The Labute approximate surface area is 172 Å². The van der Waals surface area contributed by atoms with Gasteiger partial charge in [-0.3, -0.25) is 4.79 Å². The van der Waals surface area contributed by atoms with E-state index in [-0.39, 0.29) is 5.91 Å². The van der Waals surface area contributed by atoms with Crippen LogP contribution in [0.1, 0.15) is 5.76 Å². The molecule has 1 heterocycles. The molecule has 0 aliphatic heterocycles. The molecule has 0 aliphatic rings. The number of nitrogens with one attached hydrogen (secondary N) is 1. The van der Waals surface area contributed by atoms with Crippen LogP contribution < -0.4 is 5.32 Å². The zero-order chi connectivity index (χ0) is 19.5. The number of furan rings is 1. The van der Waals surface area contributed by atoms with Crippen molar-refractivity contribution in [3.05, 3.63) is 94.7 Å². The third-order valence-electron chi connectivity index (χ3n) is 4.19. The van der Waals surface area contributed by atoms with Crippen molar-refractivity contribution in [1.29, 1.82) is 0 Å². The predicted octanol–water partition coefficient (Wildman–Crippen LogP) is 7.06. The van der Waals surface area contributed by atoms with Gasteiger partial charge in [0.2, 0.25) is 5.91 Å². The number of hydrogen-bond acceptors (Lipinski definition) is 2. The van der Waals surface area contributed by atoms with Crippen LogP contribution in [-0.2, 0) is 4.79 Å². The molecule has 5 heteroatoms. The van der Waals surface area contributed by atoms with Crippen molar-refractivity contribution in [3.8, 4) is 11.3 Å². The standard InChI is InChI=1S/C23H15Cl2NO2/c24-18-11-17(12-19(25)14-18)22-9-7-21(28-22)8-10-23(27)26-20-6-5-15-3-1-2-4-16(15)13-20/h1-14H,(H,26,27). The highest BCUT2D eigenvalue weighted by atomic mass is 35.5. The minimum Gasteiger partial charge on any atom is -0.457 e. The van der Waals surface area contributed by atoms with Crippen molar-refractivity contribution in [2.75, 3.05) is 5.32 Å². The lowest BCUT2D eigenvalue weighted by molar-refractivity contribution is -0.111. The Morgan fingerprint density at radius 2 is 1.61 bits per heavy atom. The summed E-state index contributed by atoms with van der Waals surface area (Å²) < 4.78 is 5.75. The van der Waals surface area contributed by atoms with Crippen LogP contribution in [-0.4, -0.2) is 5.91 Å². The highest BCUT2D eigenvalue weighted by Gasteiger charge is 2.06. The minimum absolute atomic E-state index is 0.237. The van der Waals surface area contributed by atoms with E-state index in [0.717, 1.165) is 22.0 Å². The lowest BCUT2D eigenvalue weighted by Crippen LogP contribution is -2.07. The molecule has 1 N–H and O–H groups in total. The van der Waals surface area contributed by atoms with Crippen molar-refractivity contribution in [2.24, 2.45) is 0 Å². The molecule has 28 heavy (non-hydrogen) atoms. The summed E-state index contributed by atoms with van der Waals surface area (Å²) in [5, 5.41) is 6.12. The molecule has 0 atom stereocenters. The Morgan fingerprint density at radius 3 is 2.39 bits per heavy atom. The number of anilines is 1. The van der Waals surface area contributed by atoms with E-state index in [2.05, 4.69) is 5.32 Å². The van der Waals surface area contributed by atoms with Crippen LogP contribution in [0, 0.1) is 0 Å². The van der Waals surface area contributed by atoms with E-state index in [4.69, 9.17) is 27.6 Å². The number of carbonyl (C=O) groups excluding carboxylic acids is 1. The maximum Gasteiger partial charge on any atom is 0.248 e. The summed E-state index contributed by atoms with van der Waals surface area (Å²) in [7, 11) is 0. The van der Waals surface area contributed by atoms with Gasteiger partial charge in [-0.1, -0.05) is 53.5 Å². The van der Waals surface area contributed by atoms with Gasteiger partial charge in [-0.15, -0.1) is 0 Å². The molecule has 0 saturated heterocycles. The average Bonchev–Trinajstić information content (AvgIpc) is 3.15. The molecule has 0 saturated carbocycles. The lowest BCUT2D eigenvalue weighted by atomic mass is 10.1. The van der Waals surface area contributed by atoms with E-state index >= 15 is 0 Å². The molecular weight excluding hydrogens is 393 g/mol. The number of carbonyl (C=O) groups is 1. The largest absolute Gasteiger partial charge is 0.457 e. The van der Waals surface area contributed by atoms with Gasteiger partial charge in [0.05, 0.1) is 0 Å². The van der Waals surface area contributed by atoms with Gasteiger partial charge >= 0.3 is 0 Å². The topological polar surface area (TPSA) is 42.2 Å². The van der Waals surface area contributed by atoms with Crippen LogP contribution in [0.5, 0.6) is 0 Å². The Morgan fingerprint density at radius 1 is 0.857 bits per heavy atom. The van der Waals surface area contributed by atoms with E-state index in [1.54, 1.807) is 30.3 Å². The van der Waals surface area contributed by atoms with Crippen LogP contribution in [0.3, 0.4) is 0 Å². The van der Waals surface area contributed by atoms with Gasteiger partial charge in [0.15, 0.2) is 0 Å². The highest BCUT2D eigenvalue weighted by molar-refractivity contribution is 6.35. The molecular formula is C23H15Cl2NO2. The molecule has 0 fully saturated rings. The van der Waals surface area contributed by atoms with Crippen LogP contribution in [0.4, 0.5) is 5.69 Å². The molecule has 0 aliphatic carbocycles. The second-order valence-corrected chi connectivity index (χ2v) is 7.12. The Hall–Kier alpha value is -3.01. The number of rotatable bonds is 4.